The molecule has 0 aromatic heterocycles. The van der Waals surface area contributed by atoms with Crippen LogP contribution in [0.2, 0.25) is 0 Å². The molecule has 160 valence electrons. The second kappa shape index (κ2) is 12.1. The van der Waals surface area contributed by atoms with Crippen molar-refractivity contribution >= 4 is 35.8 Å². The van der Waals surface area contributed by atoms with Crippen LogP contribution in [0.15, 0.2) is 29.3 Å². The highest BCUT2D eigenvalue weighted by Crippen LogP contribution is 2.29. The first-order valence-corrected chi connectivity index (χ1v) is 8.62. The fourth-order valence-electron chi connectivity index (χ4n) is 1.95. The van der Waals surface area contributed by atoms with E-state index in [2.05, 4.69) is 20.9 Å². The molecule has 6 nitrogen and oxygen atoms in total. The van der Waals surface area contributed by atoms with E-state index in [1.54, 1.807) is 7.11 Å². The van der Waals surface area contributed by atoms with Gasteiger partial charge in [-0.15, -0.1) is 24.0 Å². The molecule has 1 aromatic rings. The van der Waals surface area contributed by atoms with E-state index in [0.29, 0.717) is 25.6 Å². The third kappa shape index (κ3) is 9.58. The molecule has 10 heteroatoms. The number of amides is 1. The Hall–Kier alpha value is -1.56. The minimum absolute atomic E-state index is 0. The molecule has 1 aromatic carbocycles. The smallest absolute Gasteiger partial charge is 0.377 e. The Morgan fingerprint density at radius 2 is 1.64 bits per heavy atom. The zero-order valence-electron chi connectivity index (χ0n) is 16.4. The highest BCUT2D eigenvalue weighted by Gasteiger charge is 2.30. The number of nitrogens with zero attached hydrogens (tertiary/aromatic N) is 1. The van der Waals surface area contributed by atoms with Crippen LogP contribution in [-0.2, 0) is 10.9 Å². The number of hydrogen-bond donors (Lipinski definition) is 3. The number of guanidine groups is 1. The van der Waals surface area contributed by atoms with E-state index in [1.165, 1.54) is 0 Å². The first kappa shape index (κ1) is 26.4. The number of carbonyl (C=O) groups is 1. The third-order valence-corrected chi connectivity index (χ3v) is 3.69. The summed E-state index contributed by atoms with van der Waals surface area (Å²) < 4.78 is 42.9. The molecule has 0 saturated heterocycles. The number of rotatable bonds is 8. The fraction of sp³-hybridized carbons (Fsp3) is 0.556. The van der Waals surface area contributed by atoms with E-state index in [9.17, 15) is 18.0 Å². The van der Waals surface area contributed by atoms with Gasteiger partial charge in [-0.05, 0) is 45.0 Å². The van der Waals surface area contributed by atoms with Crippen LogP contribution < -0.4 is 16.0 Å². The van der Waals surface area contributed by atoms with Crippen LogP contribution in [0.5, 0.6) is 0 Å². The number of nitrogens with one attached hydrogen (secondary N) is 3. The Bertz CT molecular complexity index is 635. The summed E-state index contributed by atoms with van der Waals surface area (Å²) in [4.78, 5) is 16.4. The van der Waals surface area contributed by atoms with Crippen molar-refractivity contribution in [3.8, 4) is 0 Å². The van der Waals surface area contributed by atoms with Gasteiger partial charge in [-0.2, -0.15) is 13.2 Å². The molecular formula is C18H28F3IN4O2. The highest BCUT2D eigenvalue weighted by atomic mass is 127. The molecule has 0 unspecified atom stereocenters. The van der Waals surface area contributed by atoms with Gasteiger partial charge in [0.05, 0.1) is 17.7 Å². The van der Waals surface area contributed by atoms with Crippen LogP contribution in [0.3, 0.4) is 0 Å². The van der Waals surface area contributed by atoms with Gasteiger partial charge in [0, 0.05) is 32.3 Å². The van der Waals surface area contributed by atoms with Gasteiger partial charge < -0.3 is 20.7 Å². The number of carbonyl (C=O) groups excluding carboxylic acids is 1. The predicted octanol–water partition coefficient (Wildman–Crippen LogP) is 3.03. The molecule has 1 rings (SSSR count). The molecule has 0 aliphatic carbocycles. The van der Waals surface area contributed by atoms with Crippen LogP contribution in [0.4, 0.5) is 13.2 Å². The van der Waals surface area contributed by atoms with Crippen LogP contribution in [0, 0.1) is 0 Å². The summed E-state index contributed by atoms with van der Waals surface area (Å²) in [6, 6.07) is 4.09. The van der Waals surface area contributed by atoms with Gasteiger partial charge in [0.1, 0.15) is 0 Å². The quantitative estimate of drug-likeness (QED) is 0.215. The standard InChI is InChI=1S/C18H27F3N4O2.HI/c1-5-22-16(25-12-17(2,3)27-4)24-11-10-23-15(26)13-6-8-14(9-7-13)18(19,20)21;/h6-9H,5,10-12H2,1-4H3,(H,23,26)(H2,22,24,25);1H. The molecule has 3 N–H and O–H groups in total. The molecular weight excluding hydrogens is 488 g/mol. The van der Waals surface area contributed by atoms with Gasteiger partial charge in [-0.1, -0.05) is 0 Å². The molecule has 0 atom stereocenters. The number of hydrogen-bond acceptors (Lipinski definition) is 3. The van der Waals surface area contributed by atoms with Gasteiger partial charge in [0.15, 0.2) is 5.96 Å². The summed E-state index contributed by atoms with van der Waals surface area (Å²) in [5, 5.41) is 8.80. The van der Waals surface area contributed by atoms with Crippen LogP contribution in [0.1, 0.15) is 36.7 Å². The largest absolute Gasteiger partial charge is 0.416 e. The molecule has 0 saturated carbocycles. The van der Waals surface area contributed by atoms with Gasteiger partial charge in [-0.25, -0.2) is 0 Å². The number of halogens is 4. The molecule has 0 spiro atoms. The Morgan fingerprint density at radius 3 is 2.14 bits per heavy atom. The van der Waals surface area contributed by atoms with Crippen molar-refractivity contribution in [2.24, 2.45) is 4.99 Å². The van der Waals surface area contributed by atoms with E-state index < -0.39 is 17.6 Å². The van der Waals surface area contributed by atoms with E-state index in [1.807, 2.05) is 20.8 Å². The number of benzene rings is 1. The number of aliphatic imine (C=N–C) groups is 1. The summed E-state index contributed by atoms with van der Waals surface area (Å²) >= 11 is 0. The van der Waals surface area contributed by atoms with Gasteiger partial charge in [0.25, 0.3) is 5.91 Å². The summed E-state index contributed by atoms with van der Waals surface area (Å²) in [6.07, 6.45) is -4.42. The zero-order chi connectivity index (χ0) is 20.5. The molecule has 0 aliphatic rings. The fourth-order valence-corrected chi connectivity index (χ4v) is 1.95. The molecule has 0 aliphatic heterocycles. The Balaban J connectivity index is 0.00000729. The van der Waals surface area contributed by atoms with Crippen molar-refractivity contribution in [3.63, 3.8) is 0 Å². The molecule has 0 heterocycles. The normalized spacial score (nSPS) is 12.2. The Labute approximate surface area is 180 Å². The van der Waals surface area contributed by atoms with E-state index >= 15 is 0 Å². The van der Waals surface area contributed by atoms with Crippen molar-refractivity contribution in [2.75, 3.05) is 33.3 Å². The lowest BCUT2D eigenvalue weighted by Crippen LogP contribution is -2.42. The molecule has 0 fully saturated rings. The van der Waals surface area contributed by atoms with Gasteiger partial charge in [0.2, 0.25) is 0 Å². The number of methoxy groups -OCH3 is 1. The SMILES string of the molecule is CCNC(=NCC(C)(C)OC)NCCNC(=O)c1ccc(C(F)(F)F)cc1.I. The monoisotopic (exact) mass is 516 g/mol. The van der Waals surface area contributed by atoms with E-state index in [-0.39, 0.29) is 41.7 Å². The lowest BCUT2D eigenvalue weighted by atomic mass is 10.1. The van der Waals surface area contributed by atoms with E-state index in [0.717, 1.165) is 24.3 Å². The first-order chi connectivity index (χ1) is 12.6. The summed E-state index contributed by atoms with van der Waals surface area (Å²) in [7, 11) is 1.62. The minimum Gasteiger partial charge on any atom is -0.377 e. The maximum Gasteiger partial charge on any atom is 0.416 e. The van der Waals surface area contributed by atoms with Crippen LogP contribution in [0.25, 0.3) is 0 Å². The van der Waals surface area contributed by atoms with Crippen molar-refractivity contribution in [1.82, 2.24) is 16.0 Å². The Morgan fingerprint density at radius 1 is 1.07 bits per heavy atom. The lowest BCUT2D eigenvalue weighted by molar-refractivity contribution is -0.137. The average molecular weight is 516 g/mol. The molecule has 0 radical (unpaired) electrons. The van der Waals surface area contributed by atoms with Crippen molar-refractivity contribution in [3.05, 3.63) is 35.4 Å². The first-order valence-electron chi connectivity index (χ1n) is 8.62. The van der Waals surface area contributed by atoms with Crippen LogP contribution >= 0.6 is 24.0 Å². The molecule has 28 heavy (non-hydrogen) atoms. The maximum absolute atomic E-state index is 12.5. The van der Waals surface area contributed by atoms with Crippen LogP contribution in [-0.4, -0.2) is 50.8 Å². The average Bonchev–Trinajstić information content (AvgIpc) is 2.62. The zero-order valence-corrected chi connectivity index (χ0v) is 18.8. The topological polar surface area (TPSA) is 74.8 Å². The third-order valence-electron chi connectivity index (χ3n) is 3.69. The van der Waals surface area contributed by atoms with Crippen molar-refractivity contribution < 1.29 is 22.7 Å². The molecule has 1 amide bonds. The summed E-state index contributed by atoms with van der Waals surface area (Å²) in [5.74, 6) is 0.152. The van der Waals surface area contributed by atoms with Gasteiger partial charge >= 0.3 is 6.18 Å². The maximum atomic E-state index is 12.5. The second-order valence-corrected chi connectivity index (χ2v) is 6.42. The number of ether oxygens (including phenoxy) is 1. The summed E-state index contributed by atoms with van der Waals surface area (Å²) in [5.41, 5.74) is -1.00. The highest BCUT2D eigenvalue weighted by molar-refractivity contribution is 14.0. The summed E-state index contributed by atoms with van der Waals surface area (Å²) in [6.45, 7) is 7.61. The second-order valence-electron chi connectivity index (χ2n) is 6.42. The Kier molecular flexibility index (Phi) is 11.4. The van der Waals surface area contributed by atoms with Crippen molar-refractivity contribution in [2.45, 2.75) is 32.5 Å². The molecule has 0 bridgehead atoms. The predicted molar refractivity (Wildman–Crippen MR) is 114 cm³/mol. The van der Waals surface area contributed by atoms with Gasteiger partial charge in [-0.3, -0.25) is 9.79 Å². The number of alkyl halides is 3. The van der Waals surface area contributed by atoms with E-state index in [4.69, 9.17) is 4.74 Å². The van der Waals surface area contributed by atoms with Crippen molar-refractivity contribution in [1.29, 1.82) is 0 Å². The lowest BCUT2D eigenvalue weighted by Gasteiger charge is -2.21. The minimum atomic E-state index is -4.42.